The van der Waals surface area contributed by atoms with E-state index in [9.17, 15) is 0 Å². The molecule has 0 bridgehead atoms. The van der Waals surface area contributed by atoms with Crippen molar-refractivity contribution < 1.29 is 4.74 Å². The average Bonchev–Trinajstić information content (AvgIpc) is 2.62. The summed E-state index contributed by atoms with van der Waals surface area (Å²) in [6.07, 6.45) is 5.30. The normalized spacial score (nSPS) is 11.2. The minimum absolute atomic E-state index is 0.846. The summed E-state index contributed by atoms with van der Waals surface area (Å²) in [6, 6.07) is 5.92. The van der Waals surface area contributed by atoms with E-state index < -0.39 is 0 Å². The summed E-state index contributed by atoms with van der Waals surface area (Å²) in [5, 5.41) is 1.12. The second-order valence-electron chi connectivity index (χ2n) is 2.99. The molecule has 14 heavy (non-hydrogen) atoms. The van der Waals surface area contributed by atoms with Crippen molar-refractivity contribution >= 4 is 17.0 Å². The van der Waals surface area contributed by atoms with Crippen LogP contribution in [-0.2, 0) is 0 Å². The molecule has 1 heterocycles. The van der Waals surface area contributed by atoms with E-state index in [4.69, 9.17) is 10.5 Å². The number of benzene rings is 1. The van der Waals surface area contributed by atoms with Crippen LogP contribution in [0.15, 0.2) is 30.6 Å². The lowest BCUT2D eigenvalue weighted by Crippen LogP contribution is -1.83. The summed E-state index contributed by atoms with van der Waals surface area (Å²) in [5.41, 5.74) is 7.43. The molecule has 0 aliphatic heterocycles. The van der Waals surface area contributed by atoms with Gasteiger partial charge in [-0.1, -0.05) is 12.1 Å². The number of rotatable bonds is 2. The van der Waals surface area contributed by atoms with E-state index in [0.29, 0.717) is 0 Å². The number of fused-ring (bicyclic) bond motifs is 1. The van der Waals surface area contributed by atoms with Crippen LogP contribution in [0.5, 0.6) is 5.75 Å². The third kappa shape index (κ3) is 1.23. The Morgan fingerprint density at radius 3 is 3.00 bits per heavy atom. The number of nitrogens with two attached hydrogens (primary N) is 1. The van der Waals surface area contributed by atoms with Crippen LogP contribution in [-0.4, -0.2) is 12.1 Å². The first-order chi connectivity index (χ1) is 6.86. The molecule has 0 saturated carbocycles. The van der Waals surface area contributed by atoms with Crippen LogP contribution in [0.1, 0.15) is 5.56 Å². The van der Waals surface area contributed by atoms with Gasteiger partial charge in [0, 0.05) is 17.1 Å². The van der Waals surface area contributed by atoms with Crippen molar-refractivity contribution in [2.24, 2.45) is 5.73 Å². The lowest BCUT2D eigenvalue weighted by atomic mass is 10.1. The summed E-state index contributed by atoms with van der Waals surface area (Å²) in [4.78, 5) is 3.16. The van der Waals surface area contributed by atoms with Crippen LogP contribution in [0.25, 0.3) is 17.0 Å². The number of methoxy groups -OCH3 is 1. The summed E-state index contributed by atoms with van der Waals surface area (Å²) in [6.45, 7) is 0. The van der Waals surface area contributed by atoms with Gasteiger partial charge in [-0.05, 0) is 18.3 Å². The molecule has 0 aliphatic rings. The van der Waals surface area contributed by atoms with Crippen LogP contribution >= 0.6 is 0 Å². The summed E-state index contributed by atoms with van der Waals surface area (Å²) < 4.78 is 5.23. The molecule has 1 aromatic carbocycles. The van der Waals surface area contributed by atoms with Crippen molar-refractivity contribution in [1.29, 1.82) is 0 Å². The molecule has 2 aromatic rings. The number of ether oxygens (including phenoxy) is 1. The Morgan fingerprint density at radius 1 is 1.43 bits per heavy atom. The van der Waals surface area contributed by atoms with Crippen molar-refractivity contribution in [3.63, 3.8) is 0 Å². The van der Waals surface area contributed by atoms with Gasteiger partial charge in [0.15, 0.2) is 0 Å². The Balaban J connectivity index is 2.69. The van der Waals surface area contributed by atoms with Crippen LogP contribution in [0.4, 0.5) is 0 Å². The monoisotopic (exact) mass is 188 g/mol. The van der Waals surface area contributed by atoms with Crippen molar-refractivity contribution in [2.75, 3.05) is 7.11 Å². The van der Waals surface area contributed by atoms with E-state index >= 15 is 0 Å². The molecule has 2 rings (SSSR count). The highest BCUT2D eigenvalue weighted by Crippen LogP contribution is 2.27. The number of hydrogen-bond donors (Lipinski definition) is 2. The van der Waals surface area contributed by atoms with Crippen molar-refractivity contribution in [1.82, 2.24) is 4.98 Å². The molecule has 0 radical (unpaired) electrons. The highest BCUT2D eigenvalue weighted by atomic mass is 16.5. The minimum Gasteiger partial charge on any atom is -0.495 e. The fraction of sp³-hybridized carbons (Fsp3) is 0.0909. The maximum Gasteiger partial charge on any atom is 0.142 e. The molecule has 3 heteroatoms. The van der Waals surface area contributed by atoms with Crippen molar-refractivity contribution in [3.05, 3.63) is 36.2 Å². The second-order valence-corrected chi connectivity index (χ2v) is 2.99. The lowest BCUT2D eigenvalue weighted by molar-refractivity contribution is 0.419. The molecule has 0 atom stereocenters. The molecule has 0 spiro atoms. The van der Waals surface area contributed by atoms with E-state index in [-0.39, 0.29) is 0 Å². The third-order valence-electron chi connectivity index (χ3n) is 2.20. The van der Waals surface area contributed by atoms with E-state index in [1.54, 1.807) is 7.11 Å². The number of nitrogens with one attached hydrogen (secondary N) is 1. The summed E-state index contributed by atoms with van der Waals surface area (Å²) >= 11 is 0. The number of aromatic nitrogens is 1. The maximum absolute atomic E-state index is 5.36. The Kier molecular flexibility index (Phi) is 2.14. The van der Waals surface area contributed by atoms with E-state index in [1.165, 1.54) is 6.20 Å². The lowest BCUT2D eigenvalue weighted by Gasteiger charge is -2.00. The summed E-state index contributed by atoms with van der Waals surface area (Å²) in [7, 11) is 1.66. The molecule has 0 saturated heterocycles. The zero-order valence-electron chi connectivity index (χ0n) is 7.95. The van der Waals surface area contributed by atoms with Crippen molar-refractivity contribution in [2.45, 2.75) is 0 Å². The Labute approximate surface area is 82.2 Å². The van der Waals surface area contributed by atoms with Crippen LogP contribution < -0.4 is 10.5 Å². The standard InChI is InChI=1S/C11H12N2O/c1-14-10-4-2-3-9-8(5-6-12)7-13-11(9)10/h2-7,13H,12H2,1H3/b6-5+. The molecule has 0 amide bonds. The van der Waals surface area contributed by atoms with Crippen LogP contribution in [0, 0.1) is 0 Å². The second kappa shape index (κ2) is 3.46. The molecule has 3 nitrogen and oxygen atoms in total. The van der Waals surface area contributed by atoms with Gasteiger partial charge in [0.1, 0.15) is 5.75 Å². The van der Waals surface area contributed by atoms with Gasteiger partial charge in [-0.3, -0.25) is 0 Å². The highest BCUT2D eigenvalue weighted by Gasteiger charge is 2.04. The number of para-hydroxylation sites is 1. The van der Waals surface area contributed by atoms with E-state index in [1.807, 2.05) is 30.5 Å². The first-order valence-corrected chi connectivity index (χ1v) is 4.39. The van der Waals surface area contributed by atoms with E-state index in [2.05, 4.69) is 4.98 Å². The van der Waals surface area contributed by atoms with Crippen LogP contribution in [0.2, 0.25) is 0 Å². The molecule has 0 aliphatic carbocycles. The van der Waals surface area contributed by atoms with Gasteiger partial charge in [-0.25, -0.2) is 0 Å². The van der Waals surface area contributed by atoms with Gasteiger partial charge in [-0.2, -0.15) is 0 Å². The number of H-pyrrole nitrogens is 1. The topological polar surface area (TPSA) is 51.0 Å². The largest absolute Gasteiger partial charge is 0.495 e. The van der Waals surface area contributed by atoms with Gasteiger partial charge in [-0.15, -0.1) is 0 Å². The van der Waals surface area contributed by atoms with Crippen LogP contribution in [0.3, 0.4) is 0 Å². The summed E-state index contributed by atoms with van der Waals surface area (Å²) in [5.74, 6) is 0.846. The van der Waals surface area contributed by atoms with Gasteiger partial charge < -0.3 is 15.5 Å². The van der Waals surface area contributed by atoms with Gasteiger partial charge >= 0.3 is 0 Å². The predicted octanol–water partition coefficient (Wildman–Crippen LogP) is 2.11. The third-order valence-corrected chi connectivity index (χ3v) is 2.20. The fourth-order valence-electron chi connectivity index (χ4n) is 1.56. The Hall–Kier alpha value is -1.90. The molecule has 0 unspecified atom stereocenters. The predicted molar refractivity (Wildman–Crippen MR) is 58.1 cm³/mol. The van der Waals surface area contributed by atoms with Gasteiger partial charge in [0.2, 0.25) is 0 Å². The zero-order valence-corrected chi connectivity index (χ0v) is 7.95. The Morgan fingerprint density at radius 2 is 2.29 bits per heavy atom. The van der Waals surface area contributed by atoms with Gasteiger partial charge in [0.05, 0.1) is 12.6 Å². The highest BCUT2D eigenvalue weighted by molar-refractivity contribution is 5.92. The minimum atomic E-state index is 0.846. The van der Waals surface area contributed by atoms with E-state index in [0.717, 1.165) is 22.2 Å². The Bertz CT molecular complexity index is 471. The van der Waals surface area contributed by atoms with Crippen molar-refractivity contribution in [3.8, 4) is 5.75 Å². The first-order valence-electron chi connectivity index (χ1n) is 4.39. The molecular weight excluding hydrogens is 176 g/mol. The van der Waals surface area contributed by atoms with Gasteiger partial charge in [0.25, 0.3) is 0 Å². The molecule has 72 valence electrons. The molecular formula is C11H12N2O. The zero-order chi connectivity index (χ0) is 9.97. The number of aromatic amines is 1. The quantitative estimate of drug-likeness (QED) is 0.758. The average molecular weight is 188 g/mol. The molecule has 1 aromatic heterocycles. The SMILES string of the molecule is COc1cccc2c(/C=C/N)c[nH]c12. The first kappa shape index (κ1) is 8.69. The number of hydrogen-bond acceptors (Lipinski definition) is 2. The fourth-order valence-corrected chi connectivity index (χ4v) is 1.56. The molecule has 3 N–H and O–H groups in total. The molecule has 0 fully saturated rings. The maximum atomic E-state index is 5.36. The smallest absolute Gasteiger partial charge is 0.142 e.